The van der Waals surface area contributed by atoms with Gasteiger partial charge < -0.3 is 15.2 Å². The summed E-state index contributed by atoms with van der Waals surface area (Å²) < 4.78 is 9.94. The van der Waals surface area contributed by atoms with E-state index < -0.39 is 5.97 Å². The van der Waals surface area contributed by atoms with Gasteiger partial charge in [-0.2, -0.15) is 0 Å². The van der Waals surface area contributed by atoms with Crippen LogP contribution in [0.25, 0.3) is 0 Å². The van der Waals surface area contributed by atoms with Gasteiger partial charge in [0.2, 0.25) is 0 Å². The number of nitrogens with zero attached hydrogens (tertiary/aromatic N) is 1. The first-order valence-corrected chi connectivity index (χ1v) is 6.16. The molecule has 0 aliphatic carbocycles. The first kappa shape index (κ1) is 14.5. The number of esters is 1. The van der Waals surface area contributed by atoms with Gasteiger partial charge in [-0.3, -0.25) is 4.79 Å². The molecule has 0 fully saturated rings. The molecule has 108 valence electrons. The molecule has 1 aromatic carbocycles. The third-order valence-electron chi connectivity index (χ3n) is 2.80. The Morgan fingerprint density at radius 3 is 2.52 bits per heavy atom. The maximum Gasteiger partial charge on any atom is 0.342 e. The third kappa shape index (κ3) is 3.56. The summed E-state index contributed by atoms with van der Waals surface area (Å²) in [4.78, 5) is 27.5. The number of ketones is 1. The lowest BCUT2D eigenvalue weighted by molar-refractivity contribution is 0.0475. The van der Waals surface area contributed by atoms with Gasteiger partial charge in [-0.05, 0) is 36.4 Å². The van der Waals surface area contributed by atoms with Crippen molar-refractivity contribution < 1.29 is 19.1 Å². The Morgan fingerprint density at radius 1 is 1.19 bits per heavy atom. The number of aromatic nitrogens is 1. The van der Waals surface area contributed by atoms with E-state index in [1.807, 2.05) is 0 Å². The number of nitrogen functional groups attached to an aromatic ring is 1. The molecule has 21 heavy (non-hydrogen) atoms. The number of Topliss-reactive ketones (excluding diaryl/α,β-unsaturated/α-hetero) is 1. The zero-order valence-electron chi connectivity index (χ0n) is 11.4. The summed E-state index contributed by atoms with van der Waals surface area (Å²) in [6, 6.07) is 9.59. The molecule has 6 heteroatoms. The normalized spacial score (nSPS) is 9.95. The smallest absolute Gasteiger partial charge is 0.342 e. The van der Waals surface area contributed by atoms with Gasteiger partial charge in [0.1, 0.15) is 17.1 Å². The Labute approximate surface area is 121 Å². The molecule has 0 spiro atoms. The van der Waals surface area contributed by atoms with E-state index in [-0.39, 0.29) is 23.8 Å². The fourth-order valence-corrected chi connectivity index (χ4v) is 1.66. The van der Waals surface area contributed by atoms with Crippen LogP contribution in [0.4, 0.5) is 5.82 Å². The van der Waals surface area contributed by atoms with Gasteiger partial charge >= 0.3 is 5.97 Å². The monoisotopic (exact) mass is 286 g/mol. The average Bonchev–Trinajstić information content (AvgIpc) is 2.52. The summed E-state index contributed by atoms with van der Waals surface area (Å²) in [5.74, 6) is -0.276. The predicted octanol–water partition coefficient (Wildman–Crippen LogP) is 1.71. The zero-order chi connectivity index (χ0) is 15.2. The number of anilines is 1. The van der Waals surface area contributed by atoms with E-state index in [1.165, 1.54) is 19.4 Å². The van der Waals surface area contributed by atoms with Crippen molar-refractivity contribution in [2.75, 3.05) is 19.5 Å². The Kier molecular flexibility index (Phi) is 4.50. The molecule has 2 rings (SSSR count). The molecule has 0 saturated heterocycles. The average molecular weight is 286 g/mol. The highest BCUT2D eigenvalue weighted by Gasteiger charge is 2.14. The number of carbonyl (C=O) groups is 2. The molecule has 0 saturated carbocycles. The number of hydrogen-bond acceptors (Lipinski definition) is 6. The first-order chi connectivity index (χ1) is 10.1. The van der Waals surface area contributed by atoms with Crippen LogP contribution in [-0.2, 0) is 4.74 Å². The minimum Gasteiger partial charge on any atom is -0.497 e. The number of ether oxygens (including phenoxy) is 2. The molecular weight excluding hydrogens is 272 g/mol. The second-order valence-electron chi connectivity index (χ2n) is 4.16. The summed E-state index contributed by atoms with van der Waals surface area (Å²) >= 11 is 0. The van der Waals surface area contributed by atoms with Gasteiger partial charge in [-0.25, -0.2) is 9.78 Å². The Bertz CT molecular complexity index is 653. The predicted molar refractivity (Wildman–Crippen MR) is 76.3 cm³/mol. The zero-order valence-corrected chi connectivity index (χ0v) is 11.4. The van der Waals surface area contributed by atoms with E-state index in [0.29, 0.717) is 11.3 Å². The summed E-state index contributed by atoms with van der Waals surface area (Å²) in [6.07, 6.45) is 1.47. The number of pyridine rings is 1. The summed E-state index contributed by atoms with van der Waals surface area (Å²) in [7, 11) is 1.54. The van der Waals surface area contributed by atoms with E-state index in [4.69, 9.17) is 15.2 Å². The summed E-state index contributed by atoms with van der Waals surface area (Å²) in [5, 5.41) is 0. The van der Waals surface area contributed by atoms with Crippen molar-refractivity contribution in [2.45, 2.75) is 0 Å². The Morgan fingerprint density at radius 2 is 1.90 bits per heavy atom. The van der Waals surface area contributed by atoms with Crippen LogP contribution < -0.4 is 10.5 Å². The van der Waals surface area contributed by atoms with Crippen LogP contribution in [-0.4, -0.2) is 30.5 Å². The fourth-order valence-electron chi connectivity index (χ4n) is 1.66. The largest absolute Gasteiger partial charge is 0.497 e. The topological polar surface area (TPSA) is 91.5 Å². The van der Waals surface area contributed by atoms with Gasteiger partial charge in [-0.1, -0.05) is 0 Å². The van der Waals surface area contributed by atoms with Crippen LogP contribution >= 0.6 is 0 Å². The van der Waals surface area contributed by atoms with Gasteiger partial charge in [0, 0.05) is 11.8 Å². The van der Waals surface area contributed by atoms with E-state index in [0.717, 1.165) is 0 Å². The highest BCUT2D eigenvalue weighted by Crippen LogP contribution is 2.13. The molecule has 0 radical (unpaired) electrons. The Hall–Kier alpha value is -2.89. The molecule has 0 aliphatic rings. The van der Waals surface area contributed by atoms with Crippen molar-refractivity contribution in [1.29, 1.82) is 0 Å². The number of carbonyl (C=O) groups excluding carboxylic acids is 2. The lowest BCUT2D eigenvalue weighted by Gasteiger charge is -2.06. The van der Waals surface area contributed by atoms with Crippen LogP contribution in [0.5, 0.6) is 5.75 Å². The van der Waals surface area contributed by atoms with Crippen LogP contribution in [0.2, 0.25) is 0 Å². The Balaban J connectivity index is 1.97. The number of rotatable bonds is 5. The summed E-state index contributed by atoms with van der Waals surface area (Å²) in [5.41, 5.74) is 6.13. The molecule has 0 aliphatic heterocycles. The lowest BCUT2D eigenvalue weighted by Crippen LogP contribution is -2.15. The second kappa shape index (κ2) is 6.51. The molecule has 0 amide bonds. The third-order valence-corrected chi connectivity index (χ3v) is 2.80. The maximum absolute atomic E-state index is 11.9. The van der Waals surface area contributed by atoms with E-state index in [9.17, 15) is 9.59 Å². The van der Waals surface area contributed by atoms with Crippen LogP contribution in [0.1, 0.15) is 20.7 Å². The quantitative estimate of drug-likeness (QED) is 0.664. The van der Waals surface area contributed by atoms with Gasteiger partial charge in [0.25, 0.3) is 0 Å². The number of hydrogen-bond donors (Lipinski definition) is 1. The van der Waals surface area contributed by atoms with Crippen LogP contribution in [0, 0.1) is 0 Å². The van der Waals surface area contributed by atoms with Crippen molar-refractivity contribution in [3.8, 4) is 5.75 Å². The van der Waals surface area contributed by atoms with Gasteiger partial charge in [-0.15, -0.1) is 0 Å². The highest BCUT2D eigenvalue weighted by atomic mass is 16.5. The van der Waals surface area contributed by atoms with Gasteiger partial charge in [0.15, 0.2) is 12.4 Å². The first-order valence-electron chi connectivity index (χ1n) is 6.16. The molecule has 2 N–H and O–H groups in total. The van der Waals surface area contributed by atoms with E-state index in [1.54, 1.807) is 30.3 Å². The molecule has 2 aromatic rings. The number of methoxy groups -OCH3 is 1. The molecule has 1 heterocycles. The lowest BCUT2D eigenvalue weighted by atomic mass is 10.1. The molecule has 1 aromatic heterocycles. The molecular formula is C15H14N2O4. The fraction of sp³-hybridized carbons (Fsp3) is 0.133. The SMILES string of the molecule is COc1ccc(C(=O)COC(=O)c2cccnc2N)cc1. The van der Waals surface area contributed by atoms with Crippen molar-refractivity contribution in [1.82, 2.24) is 4.98 Å². The molecule has 0 atom stereocenters. The molecule has 0 bridgehead atoms. The van der Waals surface area contributed by atoms with Gasteiger partial charge in [0.05, 0.1) is 7.11 Å². The minimum atomic E-state index is -0.678. The standard InChI is InChI=1S/C15H14N2O4/c1-20-11-6-4-10(5-7-11)13(18)9-21-15(19)12-3-2-8-17-14(12)16/h2-8H,9H2,1H3,(H2,16,17). The number of nitrogens with two attached hydrogens (primary N) is 1. The van der Waals surface area contributed by atoms with Crippen molar-refractivity contribution in [2.24, 2.45) is 0 Å². The van der Waals surface area contributed by atoms with Crippen molar-refractivity contribution >= 4 is 17.6 Å². The maximum atomic E-state index is 11.9. The number of benzene rings is 1. The summed E-state index contributed by atoms with van der Waals surface area (Å²) in [6.45, 7) is -0.362. The van der Waals surface area contributed by atoms with Crippen molar-refractivity contribution in [3.63, 3.8) is 0 Å². The minimum absolute atomic E-state index is 0.0689. The second-order valence-corrected chi connectivity index (χ2v) is 4.16. The van der Waals surface area contributed by atoms with Crippen LogP contribution in [0.15, 0.2) is 42.6 Å². The van der Waals surface area contributed by atoms with Crippen molar-refractivity contribution in [3.05, 3.63) is 53.7 Å². The molecule has 6 nitrogen and oxygen atoms in total. The highest BCUT2D eigenvalue weighted by molar-refractivity contribution is 6.00. The van der Waals surface area contributed by atoms with E-state index >= 15 is 0 Å². The van der Waals surface area contributed by atoms with Crippen LogP contribution in [0.3, 0.4) is 0 Å². The molecule has 0 unspecified atom stereocenters. The van der Waals surface area contributed by atoms with E-state index in [2.05, 4.69) is 4.98 Å².